The zero-order chi connectivity index (χ0) is 14.5. The van der Waals surface area contributed by atoms with Crippen molar-refractivity contribution in [3.05, 3.63) is 88.9 Å². The third kappa shape index (κ3) is 2.71. The molecule has 0 bridgehead atoms. The predicted octanol–water partition coefficient (Wildman–Crippen LogP) is 2.59. The van der Waals surface area contributed by atoms with Crippen LogP contribution in [0.4, 0.5) is 0 Å². The number of hydrogen-bond donors (Lipinski definition) is 0. The van der Waals surface area contributed by atoms with Crippen LogP contribution in [-0.2, 0) is 26.2 Å². The number of hydrogen-bond acceptors (Lipinski definition) is 0. The van der Waals surface area contributed by atoms with Crippen LogP contribution in [0.25, 0.3) is 12.2 Å². The summed E-state index contributed by atoms with van der Waals surface area (Å²) >= 11 is 0. The molecule has 2 aromatic rings. The van der Waals surface area contributed by atoms with Gasteiger partial charge in [-0.15, -0.1) is 18.4 Å². The molecule has 3 aliphatic carbocycles. The van der Waals surface area contributed by atoms with Crippen LogP contribution in [0.1, 0.15) is 46.9 Å². The maximum absolute atomic E-state index is 2.43. The van der Waals surface area contributed by atoms with Crippen molar-refractivity contribution in [2.45, 2.75) is 24.7 Å². The zero-order valence-electron chi connectivity index (χ0n) is 13.5. The molecule has 1 fully saturated rings. The molecule has 3 atom stereocenters. The average Bonchev–Trinajstić information content (AvgIpc) is 3.12. The molecule has 1 saturated carbocycles. The van der Waals surface area contributed by atoms with Gasteiger partial charge in [0.1, 0.15) is 0 Å². The first-order valence-corrected chi connectivity index (χ1v) is 8.32. The van der Waals surface area contributed by atoms with E-state index in [1.807, 2.05) is 0 Å². The van der Waals surface area contributed by atoms with Crippen molar-refractivity contribution in [3.8, 4) is 0 Å². The Bertz CT molecular complexity index is 725. The van der Waals surface area contributed by atoms with Crippen molar-refractivity contribution >= 4 is 12.2 Å². The van der Waals surface area contributed by atoms with Gasteiger partial charge in [-0.1, -0.05) is 72.3 Å². The van der Waals surface area contributed by atoms with Gasteiger partial charge in [-0.05, 0) is 22.6 Å². The molecule has 2 heteroatoms. The molecule has 2 aromatic carbocycles. The Morgan fingerprint density at radius 1 is 0.792 bits per heavy atom. The first-order valence-electron chi connectivity index (χ1n) is 8.32. The molecule has 3 unspecified atom stereocenters. The first-order chi connectivity index (χ1) is 10.9. The fourth-order valence-electron chi connectivity index (χ4n) is 4.47. The maximum atomic E-state index is 2.43. The molecule has 24 heavy (non-hydrogen) atoms. The monoisotopic (exact) mass is 408 g/mol. The van der Waals surface area contributed by atoms with Crippen LogP contribution in [0.15, 0.2) is 60.7 Å². The largest absolute Gasteiger partial charge is 2.00 e. The van der Waals surface area contributed by atoms with Crippen LogP contribution < -0.4 is 12.4 Å². The Labute approximate surface area is 169 Å². The summed E-state index contributed by atoms with van der Waals surface area (Å²) in [5.41, 5.74) is 5.87. The first kappa shape index (κ1) is 17.9. The molecule has 0 amide bonds. The van der Waals surface area contributed by atoms with E-state index >= 15 is 0 Å². The number of allylic oxidation sites excluding steroid dienone is 2. The van der Waals surface area contributed by atoms with Crippen LogP contribution in [0, 0.1) is 11.8 Å². The van der Waals surface area contributed by atoms with Gasteiger partial charge < -0.3 is 12.4 Å². The van der Waals surface area contributed by atoms with E-state index in [0.717, 1.165) is 5.92 Å². The van der Waals surface area contributed by atoms with Gasteiger partial charge in [0.2, 0.25) is 0 Å². The molecule has 118 valence electrons. The standard InChI is InChI=1S/C22H19.ClH.Zr/c1-3-7-17-15(5-1)9-11-19(17)21-13-14-22(21)20-12-10-16-6-2-4-8-18(16)20;;/h1-12,19-21H,13-14H2;1H;/q-1;;+2/p-1. The van der Waals surface area contributed by atoms with Gasteiger partial charge >= 0.3 is 26.2 Å². The Hall–Kier alpha value is -0.907. The van der Waals surface area contributed by atoms with Crippen molar-refractivity contribution in [2.24, 2.45) is 5.92 Å². The summed E-state index contributed by atoms with van der Waals surface area (Å²) in [6.07, 6.45) is 12.1. The SMILES string of the molecule is C1=CC([C-]2CCC2C2C=Cc3ccccc32)c2ccccc21.[Cl-].[Zr+2]. The smallest absolute Gasteiger partial charge is 1.00 e. The number of benzene rings is 2. The number of halogens is 1. The Morgan fingerprint density at radius 3 is 2.12 bits per heavy atom. The molecule has 0 aliphatic heterocycles. The van der Waals surface area contributed by atoms with E-state index in [9.17, 15) is 0 Å². The van der Waals surface area contributed by atoms with Gasteiger partial charge in [-0.25, -0.2) is 0 Å². The van der Waals surface area contributed by atoms with Crippen molar-refractivity contribution in [1.82, 2.24) is 0 Å². The molecule has 5 rings (SSSR count). The fourth-order valence-corrected chi connectivity index (χ4v) is 4.47. The summed E-state index contributed by atoms with van der Waals surface area (Å²) < 4.78 is 0. The second-order valence-electron chi connectivity index (χ2n) is 6.70. The summed E-state index contributed by atoms with van der Waals surface area (Å²) in [7, 11) is 0. The van der Waals surface area contributed by atoms with Gasteiger partial charge in [0.15, 0.2) is 0 Å². The van der Waals surface area contributed by atoms with Gasteiger partial charge in [0.25, 0.3) is 0 Å². The van der Waals surface area contributed by atoms with Gasteiger partial charge in [0.05, 0.1) is 0 Å². The third-order valence-electron chi connectivity index (χ3n) is 5.69. The number of rotatable bonds is 2. The summed E-state index contributed by atoms with van der Waals surface area (Å²) in [6.45, 7) is 0. The van der Waals surface area contributed by atoms with Crippen molar-refractivity contribution in [1.29, 1.82) is 0 Å². The molecule has 0 N–H and O–H groups in total. The normalized spacial score (nSPS) is 26.1. The van der Waals surface area contributed by atoms with Crippen molar-refractivity contribution in [2.75, 3.05) is 0 Å². The van der Waals surface area contributed by atoms with E-state index in [0.29, 0.717) is 11.8 Å². The number of fused-ring (bicyclic) bond motifs is 2. The molecule has 0 heterocycles. The molecule has 0 nitrogen and oxygen atoms in total. The molecule has 0 aromatic heterocycles. The Morgan fingerprint density at radius 2 is 1.42 bits per heavy atom. The second-order valence-corrected chi connectivity index (χ2v) is 6.70. The minimum Gasteiger partial charge on any atom is -1.00 e. The summed E-state index contributed by atoms with van der Waals surface area (Å²) in [4.78, 5) is 0. The van der Waals surface area contributed by atoms with E-state index in [2.05, 4.69) is 72.8 Å². The predicted molar refractivity (Wildman–Crippen MR) is 92.4 cm³/mol. The van der Waals surface area contributed by atoms with E-state index in [1.165, 1.54) is 35.1 Å². The summed E-state index contributed by atoms with van der Waals surface area (Å²) in [5, 5.41) is 0. The Balaban J connectivity index is 0.000000845. The third-order valence-corrected chi connectivity index (χ3v) is 5.69. The van der Waals surface area contributed by atoms with E-state index in [-0.39, 0.29) is 38.6 Å². The summed E-state index contributed by atoms with van der Waals surface area (Å²) in [5.74, 6) is 3.62. The summed E-state index contributed by atoms with van der Waals surface area (Å²) in [6, 6.07) is 17.8. The topological polar surface area (TPSA) is 0 Å². The molecule has 0 spiro atoms. The maximum Gasteiger partial charge on any atom is 2.00 e. The van der Waals surface area contributed by atoms with E-state index in [1.54, 1.807) is 5.92 Å². The molecule has 3 aliphatic rings. The average molecular weight is 410 g/mol. The van der Waals surface area contributed by atoms with Gasteiger partial charge in [0, 0.05) is 0 Å². The van der Waals surface area contributed by atoms with Crippen LogP contribution in [0.5, 0.6) is 0 Å². The zero-order valence-corrected chi connectivity index (χ0v) is 16.7. The van der Waals surface area contributed by atoms with Gasteiger partial charge in [-0.2, -0.15) is 12.3 Å². The van der Waals surface area contributed by atoms with Crippen molar-refractivity contribution in [3.63, 3.8) is 0 Å². The van der Waals surface area contributed by atoms with Crippen LogP contribution in [0.2, 0.25) is 0 Å². The quantitative estimate of drug-likeness (QED) is 0.669. The minimum atomic E-state index is 0. The van der Waals surface area contributed by atoms with Crippen LogP contribution in [0.3, 0.4) is 0 Å². The molecular weight excluding hydrogens is 391 g/mol. The second kappa shape index (κ2) is 7.14. The molecule has 0 saturated heterocycles. The van der Waals surface area contributed by atoms with E-state index < -0.39 is 0 Å². The van der Waals surface area contributed by atoms with Crippen molar-refractivity contribution < 1.29 is 38.6 Å². The van der Waals surface area contributed by atoms with Crippen LogP contribution in [-0.4, -0.2) is 0 Å². The minimum absolute atomic E-state index is 0. The van der Waals surface area contributed by atoms with E-state index in [4.69, 9.17) is 0 Å². The van der Waals surface area contributed by atoms with Crippen LogP contribution >= 0.6 is 0 Å². The van der Waals surface area contributed by atoms with Gasteiger partial charge in [-0.3, -0.25) is 5.92 Å². The Kier molecular flexibility index (Phi) is 5.33. The molecular formula is C22H19ClZr. The fraction of sp³-hybridized carbons (Fsp3) is 0.227. The molecule has 0 radical (unpaired) electrons.